The number of rotatable bonds is 5. The van der Waals surface area contributed by atoms with Crippen LogP contribution in [-0.4, -0.2) is 11.5 Å². The van der Waals surface area contributed by atoms with Crippen LogP contribution in [0.1, 0.15) is 25.1 Å². The lowest BCUT2D eigenvalue weighted by atomic mass is 10.1. The molecule has 1 unspecified atom stereocenters. The molecule has 18 heavy (non-hydrogen) atoms. The molecule has 0 radical (unpaired) electrons. The predicted molar refractivity (Wildman–Crippen MR) is 80.7 cm³/mol. The van der Waals surface area contributed by atoms with Gasteiger partial charge in [-0.3, -0.25) is 0 Å². The second kappa shape index (κ2) is 6.12. The second-order valence-electron chi connectivity index (χ2n) is 4.22. The Bertz CT molecular complexity index is 551. The van der Waals surface area contributed by atoms with Gasteiger partial charge in [0, 0.05) is 9.86 Å². The molecule has 0 saturated carbocycles. The smallest absolute Gasteiger partial charge is 0.0761 e. The number of benzene rings is 1. The summed E-state index contributed by atoms with van der Waals surface area (Å²) in [5, 5.41) is 4.58. The summed E-state index contributed by atoms with van der Waals surface area (Å²) in [5.74, 6) is 0. The highest BCUT2D eigenvalue weighted by molar-refractivity contribution is 9.10. The average Bonchev–Trinajstić information content (AvgIpc) is 2.40. The van der Waals surface area contributed by atoms with E-state index in [9.17, 15) is 0 Å². The summed E-state index contributed by atoms with van der Waals surface area (Å²) in [7, 11) is 0. The Balaban J connectivity index is 2.42. The van der Waals surface area contributed by atoms with Gasteiger partial charge >= 0.3 is 0 Å². The number of hydrogen-bond acceptors (Lipinski definition) is 2. The summed E-state index contributed by atoms with van der Waals surface area (Å²) in [6.45, 7) is 6.99. The zero-order valence-electron chi connectivity index (χ0n) is 10.5. The molecule has 1 aromatic carbocycles. The molecule has 1 aromatic heterocycles. The van der Waals surface area contributed by atoms with E-state index in [4.69, 9.17) is 4.98 Å². The molecule has 0 saturated heterocycles. The molecular weight excluding hydrogens is 288 g/mol. The number of fused-ring (bicyclic) bond motifs is 1. The van der Waals surface area contributed by atoms with Crippen LogP contribution in [0.2, 0.25) is 0 Å². The topological polar surface area (TPSA) is 24.9 Å². The van der Waals surface area contributed by atoms with E-state index in [1.807, 2.05) is 24.3 Å². The van der Waals surface area contributed by atoms with Gasteiger partial charge in [0.25, 0.3) is 0 Å². The van der Waals surface area contributed by atoms with Gasteiger partial charge in [-0.2, -0.15) is 0 Å². The van der Waals surface area contributed by atoms with Crippen LogP contribution in [0.25, 0.3) is 10.9 Å². The van der Waals surface area contributed by atoms with Gasteiger partial charge in [-0.05, 0) is 41.0 Å². The summed E-state index contributed by atoms with van der Waals surface area (Å²) in [5.41, 5.74) is 2.01. The van der Waals surface area contributed by atoms with Gasteiger partial charge in [-0.25, -0.2) is 4.98 Å². The highest BCUT2D eigenvalue weighted by Crippen LogP contribution is 2.26. The van der Waals surface area contributed by atoms with Crippen molar-refractivity contribution in [3.8, 4) is 0 Å². The molecule has 0 bridgehead atoms. The quantitative estimate of drug-likeness (QED) is 0.836. The zero-order chi connectivity index (χ0) is 13.0. The molecule has 2 nitrogen and oxygen atoms in total. The molecular formula is C15H17BrN2. The molecule has 2 rings (SSSR count). The third-order valence-electron chi connectivity index (χ3n) is 2.85. The number of aromatic nitrogens is 1. The van der Waals surface area contributed by atoms with E-state index in [1.165, 1.54) is 0 Å². The highest BCUT2D eigenvalue weighted by Gasteiger charge is 2.13. The maximum absolute atomic E-state index is 4.72. The van der Waals surface area contributed by atoms with Crippen LogP contribution in [0.5, 0.6) is 0 Å². The third kappa shape index (κ3) is 2.79. The summed E-state index contributed by atoms with van der Waals surface area (Å²) >= 11 is 3.60. The van der Waals surface area contributed by atoms with E-state index < -0.39 is 0 Å². The molecule has 94 valence electrons. The van der Waals surface area contributed by atoms with Crippen LogP contribution in [0.3, 0.4) is 0 Å². The Kier molecular flexibility index (Phi) is 4.50. The van der Waals surface area contributed by atoms with Crippen LogP contribution in [0, 0.1) is 0 Å². The molecule has 3 heteroatoms. The number of nitrogens with zero attached hydrogens (tertiary/aromatic N) is 1. The lowest BCUT2D eigenvalue weighted by Gasteiger charge is -2.16. The SMILES string of the molecule is C=CC(NCCC)c1nc2ccccc2cc1Br. The van der Waals surface area contributed by atoms with E-state index in [0.717, 1.165) is 34.0 Å². The maximum Gasteiger partial charge on any atom is 0.0761 e. The number of para-hydroxylation sites is 1. The fourth-order valence-corrected chi connectivity index (χ4v) is 2.50. The minimum absolute atomic E-state index is 0.0870. The van der Waals surface area contributed by atoms with Crippen LogP contribution in [-0.2, 0) is 0 Å². The first-order valence-electron chi connectivity index (χ1n) is 6.17. The van der Waals surface area contributed by atoms with E-state index >= 15 is 0 Å². The van der Waals surface area contributed by atoms with Gasteiger partial charge in [0.05, 0.1) is 17.3 Å². The first kappa shape index (κ1) is 13.2. The molecule has 1 heterocycles. The van der Waals surface area contributed by atoms with Crippen molar-refractivity contribution in [1.82, 2.24) is 10.3 Å². The average molecular weight is 305 g/mol. The number of hydrogen-bond donors (Lipinski definition) is 1. The van der Waals surface area contributed by atoms with E-state index in [-0.39, 0.29) is 6.04 Å². The van der Waals surface area contributed by atoms with Crippen LogP contribution < -0.4 is 5.32 Å². The Morgan fingerprint density at radius 3 is 2.94 bits per heavy atom. The van der Waals surface area contributed by atoms with E-state index in [1.54, 1.807) is 0 Å². The highest BCUT2D eigenvalue weighted by atomic mass is 79.9. The molecule has 2 aromatic rings. The molecule has 1 N–H and O–H groups in total. The van der Waals surface area contributed by atoms with Crippen molar-refractivity contribution < 1.29 is 0 Å². The molecule has 0 aliphatic carbocycles. The lowest BCUT2D eigenvalue weighted by molar-refractivity contribution is 0.601. The van der Waals surface area contributed by atoms with Crippen molar-refractivity contribution >= 4 is 26.8 Å². The predicted octanol–water partition coefficient (Wildman–Crippen LogP) is 4.22. The Morgan fingerprint density at radius 1 is 1.44 bits per heavy atom. The second-order valence-corrected chi connectivity index (χ2v) is 5.07. The molecule has 0 fully saturated rings. The van der Waals surface area contributed by atoms with Crippen molar-refractivity contribution in [2.24, 2.45) is 0 Å². The minimum Gasteiger partial charge on any atom is -0.305 e. The standard InChI is InChI=1S/C15H17BrN2/c1-3-9-17-13(4-2)15-12(16)10-11-7-5-6-8-14(11)18-15/h4-8,10,13,17H,2-3,9H2,1H3. The molecule has 0 amide bonds. The largest absolute Gasteiger partial charge is 0.305 e. The molecule has 0 aliphatic rings. The fraction of sp³-hybridized carbons (Fsp3) is 0.267. The van der Waals surface area contributed by atoms with Crippen molar-refractivity contribution in [3.05, 3.63) is 53.2 Å². The number of pyridine rings is 1. The third-order valence-corrected chi connectivity index (χ3v) is 3.48. The normalized spacial score (nSPS) is 12.6. The van der Waals surface area contributed by atoms with Gasteiger partial charge in [0.1, 0.15) is 0 Å². The Hall–Kier alpha value is -1.19. The van der Waals surface area contributed by atoms with E-state index in [2.05, 4.69) is 46.9 Å². The van der Waals surface area contributed by atoms with Gasteiger partial charge < -0.3 is 5.32 Å². The molecule has 0 aliphatic heterocycles. The fourth-order valence-electron chi connectivity index (χ4n) is 1.91. The summed E-state index contributed by atoms with van der Waals surface area (Å²) in [4.78, 5) is 4.72. The zero-order valence-corrected chi connectivity index (χ0v) is 12.1. The Morgan fingerprint density at radius 2 is 2.22 bits per heavy atom. The summed E-state index contributed by atoms with van der Waals surface area (Å²) < 4.78 is 1.02. The monoisotopic (exact) mass is 304 g/mol. The van der Waals surface area contributed by atoms with Crippen LogP contribution in [0.4, 0.5) is 0 Å². The van der Waals surface area contributed by atoms with Gasteiger partial charge in [0.2, 0.25) is 0 Å². The maximum atomic E-state index is 4.72. The number of nitrogens with one attached hydrogen (secondary N) is 1. The minimum atomic E-state index is 0.0870. The Labute approximate surface area is 116 Å². The van der Waals surface area contributed by atoms with Crippen LogP contribution in [0.15, 0.2) is 47.5 Å². The first-order chi connectivity index (χ1) is 8.76. The number of halogens is 1. The van der Waals surface area contributed by atoms with Crippen molar-refractivity contribution in [1.29, 1.82) is 0 Å². The molecule has 1 atom stereocenters. The van der Waals surface area contributed by atoms with E-state index in [0.29, 0.717) is 0 Å². The molecule has 0 spiro atoms. The first-order valence-corrected chi connectivity index (χ1v) is 6.96. The van der Waals surface area contributed by atoms with Gasteiger partial charge in [-0.15, -0.1) is 6.58 Å². The van der Waals surface area contributed by atoms with Crippen molar-refractivity contribution in [2.45, 2.75) is 19.4 Å². The van der Waals surface area contributed by atoms with Gasteiger partial charge in [0.15, 0.2) is 0 Å². The lowest BCUT2D eigenvalue weighted by Crippen LogP contribution is -2.21. The van der Waals surface area contributed by atoms with Crippen LogP contribution >= 0.6 is 15.9 Å². The summed E-state index contributed by atoms with van der Waals surface area (Å²) in [6, 6.07) is 10.3. The van der Waals surface area contributed by atoms with Gasteiger partial charge in [-0.1, -0.05) is 31.2 Å². The van der Waals surface area contributed by atoms with Crippen molar-refractivity contribution in [3.63, 3.8) is 0 Å². The summed E-state index contributed by atoms with van der Waals surface area (Å²) in [6.07, 6.45) is 2.99. The van der Waals surface area contributed by atoms with Crippen molar-refractivity contribution in [2.75, 3.05) is 6.54 Å².